The molecule has 0 spiro atoms. The highest BCUT2D eigenvalue weighted by molar-refractivity contribution is 6.25. The van der Waals surface area contributed by atoms with Crippen molar-refractivity contribution in [1.29, 1.82) is 5.26 Å². The molecule has 3 unspecified atom stereocenters. The van der Waals surface area contributed by atoms with Crippen LogP contribution in [-0.2, 0) is 16.0 Å². The molecule has 3 saturated heterocycles. The predicted molar refractivity (Wildman–Crippen MR) is 132 cm³/mol. The minimum atomic E-state index is -0.741. The molecule has 3 atom stereocenters. The topological polar surface area (TPSA) is 116 Å². The van der Waals surface area contributed by atoms with Gasteiger partial charge in [0.15, 0.2) is 11.5 Å². The average molecular weight is 498 g/mol. The fraction of sp³-hybridized carbons (Fsp3) is 0.296. The molecule has 1 aromatic heterocycles. The van der Waals surface area contributed by atoms with Gasteiger partial charge < -0.3 is 19.3 Å². The number of pyridine rings is 1. The maximum atomic E-state index is 13.7. The zero-order valence-electron chi connectivity index (χ0n) is 20.2. The van der Waals surface area contributed by atoms with Gasteiger partial charge >= 0.3 is 6.03 Å². The third kappa shape index (κ3) is 3.31. The Morgan fingerprint density at radius 3 is 2.59 bits per heavy atom. The monoisotopic (exact) mass is 497 g/mol. The van der Waals surface area contributed by atoms with E-state index in [-0.39, 0.29) is 30.0 Å². The van der Waals surface area contributed by atoms with Gasteiger partial charge in [0.25, 0.3) is 5.91 Å². The van der Waals surface area contributed by atoms with Crippen LogP contribution in [0.1, 0.15) is 17.7 Å². The molecule has 0 N–H and O–H groups in total. The molecule has 4 heterocycles. The number of aromatic nitrogens is 1. The number of benzene rings is 2. The van der Waals surface area contributed by atoms with Gasteiger partial charge in [0.1, 0.15) is 17.8 Å². The summed E-state index contributed by atoms with van der Waals surface area (Å²) in [5, 5.41) is 10.6. The lowest BCUT2D eigenvalue weighted by atomic mass is 10.1. The molecule has 0 radical (unpaired) electrons. The average Bonchev–Trinajstić information content (AvgIpc) is 3.59. The van der Waals surface area contributed by atoms with Crippen molar-refractivity contribution in [3.63, 3.8) is 0 Å². The summed E-state index contributed by atoms with van der Waals surface area (Å²) in [5.74, 6) is 0.633. The number of methoxy groups -OCH3 is 2. The van der Waals surface area contributed by atoms with Crippen LogP contribution >= 0.6 is 0 Å². The van der Waals surface area contributed by atoms with Gasteiger partial charge in [0.05, 0.1) is 44.6 Å². The zero-order valence-corrected chi connectivity index (χ0v) is 20.2. The van der Waals surface area contributed by atoms with Crippen LogP contribution in [0.15, 0.2) is 48.7 Å². The zero-order chi connectivity index (χ0) is 25.8. The van der Waals surface area contributed by atoms with E-state index in [1.807, 2.05) is 6.07 Å². The van der Waals surface area contributed by atoms with Crippen LogP contribution in [0.2, 0.25) is 0 Å². The molecule has 3 aliphatic rings. The third-order valence-electron chi connectivity index (χ3n) is 7.51. The van der Waals surface area contributed by atoms with Crippen molar-refractivity contribution in [3.8, 4) is 17.6 Å². The Kier molecular flexibility index (Phi) is 5.22. The summed E-state index contributed by atoms with van der Waals surface area (Å²) in [7, 11) is 3.09. The molecule has 4 amide bonds. The molecule has 6 rings (SSSR count). The smallest absolute Gasteiger partial charge is 0.332 e. The third-order valence-corrected chi connectivity index (χ3v) is 7.51. The van der Waals surface area contributed by atoms with Crippen LogP contribution in [-0.4, -0.2) is 71.5 Å². The molecule has 3 fully saturated rings. The van der Waals surface area contributed by atoms with E-state index in [0.29, 0.717) is 40.9 Å². The Labute approximate surface area is 212 Å². The van der Waals surface area contributed by atoms with Crippen LogP contribution in [0.4, 0.5) is 10.5 Å². The maximum absolute atomic E-state index is 13.7. The van der Waals surface area contributed by atoms with Crippen molar-refractivity contribution in [2.45, 2.75) is 31.0 Å². The van der Waals surface area contributed by atoms with Gasteiger partial charge in [-0.15, -0.1) is 0 Å². The van der Waals surface area contributed by atoms with E-state index >= 15 is 0 Å². The molecule has 2 bridgehead atoms. The van der Waals surface area contributed by atoms with E-state index < -0.39 is 18.1 Å². The molecule has 37 heavy (non-hydrogen) atoms. The minimum absolute atomic E-state index is 0.108. The highest BCUT2D eigenvalue weighted by atomic mass is 16.5. The minimum Gasteiger partial charge on any atom is -0.493 e. The van der Waals surface area contributed by atoms with Gasteiger partial charge in [-0.05, 0) is 24.1 Å². The van der Waals surface area contributed by atoms with Crippen molar-refractivity contribution in [2.75, 3.05) is 25.7 Å². The lowest BCUT2D eigenvalue weighted by Gasteiger charge is -2.35. The number of nitriles is 1. The summed E-state index contributed by atoms with van der Waals surface area (Å²) >= 11 is 0. The van der Waals surface area contributed by atoms with E-state index in [9.17, 15) is 19.6 Å². The summed E-state index contributed by atoms with van der Waals surface area (Å²) in [6, 6.07) is 12.7. The standard InChI is InChI=1S/C27H23N5O5/c1-36-22-8-7-15(9-23(22)37-2)10-24(33)30-14-16-11-20(30)25-26(34)32(27(35)31(16)25)21-13-29-19(12-28)17-5-3-4-6-18(17)21/h3-9,13,16,20,25H,10-11,14H2,1-2H3. The Morgan fingerprint density at radius 2 is 1.86 bits per heavy atom. The molecule has 10 nitrogen and oxygen atoms in total. The van der Waals surface area contributed by atoms with Crippen LogP contribution < -0.4 is 14.4 Å². The summed E-state index contributed by atoms with van der Waals surface area (Å²) in [5.41, 5.74) is 1.35. The number of amides is 4. The van der Waals surface area contributed by atoms with Gasteiger partial charge in [-0.1, -0.05) is 30.3 Å². The Balaban J connectivity index is 1.27. The number of ether oxygens (including phenoxy) is 2. The number of piperazine rings is 1. The normalized spacial score (nSPS) is 22.0. The van der Waals surface area contributed by atoms with Crippen molar-refractivity contribution >= 4 is 34.3 Å². The summed E-state index contributed by atoms with van der Waals surface area (Å²) in [6.07, 6.45) is 2.12. The number of carbonyl (C=O) groups is 3. The highest BCUT2D eigenvalue weighted by Crippen LogP contribution is 2.43. The van der Waals surface area contributed by atoms with E-state index in [1.54, 1.807) is 60.4 Å². The number of likely N-dealkylation sites (tertiary alicyclic amines) is 1. The number of hydrogen-bond donors (Lipinski definition) is 0. The molecular weight excluding hydrogens is 474 g/mol. The Morgan fingerprint density at radius 1 is 1.11 bits per heavy atom. The Bertz CT molecular complexity index is 1510. The molecule has 0 saturated carbocycles. The van der Waals surface area contributed by atoms with Crippen molar-refractivity contribution in [2.24, 2.45) is 0 Å². The summed E-state index contributed by atoms with van der Waals surface area (Å²) < 4.78 is 10.6. The van der Waals surface area contributed by atoms with Crippen LogP contribution in [0.25, 0.3) is 10.8 Å². The van der Waals surface area contributed by atoms with Gasteiger partial charge in [0.2, 0.25) is 5.91 Å². The first kappa shape index (κ1) is 22.8. The van der Waals surface area contributed by atoms with Gasteiger partial charge in [-0.3, -0.25) is 9.59 Å². The largest absolute Gasteiger partial charge is 0.493 e. The summed E-state index contributed by atoms with van der Waals surface area (Å²) in [6.45, 7) is 0.381. The van der Waals surface area contributed by atoms with Crippen molar-refractivity contribution in [3.05, 3.63) is 59.9 Å². The van der Waals surface area contributed by atoms with Crippen molar-refractivity contribution in [1.82, 2.24) is 14.8 Å². The molecule has 10 heteroatoms. The van der Waals surface area contributed by atoms with E-state index in [4.69, 9.17) is 9.47 Å². The van der Waals surface area contributed by atoms with Gasteiger partial charge in [0, 0.05) is 17.3 Å². The highest BCUT2D eigenvalue weighted by Gasteiger charge is 2.63. The van der Waals surface area contributed by atoms with Crippen LogP contribution in [0, 0.1) is 11.3 Å². The molecule has 0 aliphatic carbocycles. The fourth-order valence-corrected chi connectivity index (χ4v) is 5.88. The van der Waals surface area contributed by atoms with Gasteiger partial charge in [-0.2, -0.15) is 5.26 Å². The number of carbonyl (C=O) groups excluding carboxylic acids is 3. The second-order valence-corrected chi connectivity index (χ2v) is 9.33. The number of imide groups is 1. The van der Waals surface area contributed by atoms with Crippen molar-refractivity contribution < 1.29 is 23.9 Å². The molecular formula is C27H23N5O5. The first-order chi connectivity index (χ1) is 18.0. The number of nitrogens with zero attached hydrogens (tertiary/aromatic N) is 5. The van der Waals surface area contributed by atoms with E-state index in [1.165, 1.54) is 6.20 Å². The second kappa shape index (κ2) is 8.48. The number of fused-ring (bicyclic) bond motifs is 6. The van der Waals surface area contributed by atoms with E-state index in [2.05, 4.69) is 11.1 Å². The first-order valence-corrected chi connectivity index (χ1v) is 11.9. The maximum Gasteiger partial charge on any atom is 0.332 e. The number of hydrogen-bond acceptors (Lipinski definition) is 7. The SMILES string of the molecule is COc1ccc(CC(=O)N2CC3CC2C2C(=O)N(c4cnc(C#N)c5ccccc45)C(=O)N32)cc1OC. The number of rotatable bonds is 5. The first-order valence-electron chi connectivity index (χ1n) is 11.9. The molecule has 3 aliphatic heterocycles. The summed E-state index contributed by atoms with van der Waals surface area (Å²) in [4.78, 5) is 49.2. The van der Waals surface area contributed by atoms with E-state index in [0.717, 1.165) is 10.5 Å². The molecule has 2 aromatic carbocycles. The van der Waals surface area contributed by atoms with Crippen LogP contribution in [0.5, 0.6) is 11.5 Å². The fourth-order valence-electron chi connectivity index (χ4n) is 5.88. The quantitative estimate of drug-likeness (QED) is 0.497. The molecule has 186 valence electrons. The Hall–Kier alpha value is -4.65. The second-order valence-electron chi connectivity index (χ2n) is 9.33. The molecule has 3 aromatic rings. The predicted octanol–water partition coefficient (Wildman–Crippen LogP) is 2.49. The van der Waals surface area contributed by atoms with Crippen LogP contribution in [0.3, 0.4) is 0 Å². The van der Waals surface area contributed by atoms with Gasteiger partial charge in [-0.25, -0.2) is 14.7 Å². The lowest BCUT2D eigenvalue weighted by molar-refractivity contribution is -0.135. The number of urea groups is 1. The number of anilines is 1. The lowest BCUT2D eigenvalue weighted by Crippen LogP contribution is -2.55.